The van der Waals surface area contributed by atoms with Crippen LogP contribution in [-0.4, -0.2) is 61.6 Å². The third kappa shape index (κ3) is 8.76. The highest BCUT2D eigenvalue weighted by molar-refractivity contribution is 6.74. The van der Waals surface area contributed by atoms with Crippen molar-refractivity contribution < 1.29 is 18.1 Å². The molecule has 0 N–H and O–H groups in total. The Kier molecular flexibility index (Phi) is 12.1. The molecular weight excluding hydrogens is 338 g/mol. The normalized spacial score (nSPS) is 14.7. The molecule has 0 saturated heterocycles. The van der Waals surface area contributed by atoms with Crippen LogP contribution in [0, 0.1) is 0 Å². The van der Waals surface area contributed by atoms with Crippen LogP contribution >= 0.6 is 0 Å². The van der Waals surface area contributed by atoms with Crippen molar-refractivity contribution in [1.29, 1.82) is 0 Å². The lowest BCUT2D eigenvalue weighted by Gasteiger charge is -2.29. The van der Waals surface area contributed by atoms with Gasteiger partial charge in [-0.1, -0.05) is 27.7 Å². The number of carbonyl (C=O) groups excluding carboxylic acids is 1. The van der Waals surface area contributed by atoms with Gasteiger partial charge in [-0.3, -0.25) is 9.69 Å². The van der Waals surface area contributed by atoms with Gasteiger partial charge in [0.05, 0.1) is 6.54 Å². The molecule has 0 bridgehead atoms. The van der Waals surface area contributed by atoms with Gasteiger partial charge in [0.25, 0.3) is 8.32 Å². The monoisotopic (exact) mass is 377 g/mol. The van der Waals surface area contributed by atoms with Crippen molar-refractivity contribution in [2.24, 2.45) is 0 Å². The topological polar surface area (TPSA) is 48.0 Å². The van der Waals surface area contributed by atoms with Gasteiger partial charge in [-0.25, -0.2) is 0 Å². The average Bonchev–Trinajstić information content (AvgIpc) is 2.58. The first-order valence-corrected chi connectivity index (χ1v) is 14.4. The highest BCUT2D eigenvalue weighted by Crippen LogP contribution is 2.22. The van der Waals surface area contributed by atoms with Crippen LogP contribution in [0.15, 0.2) is 0 Å². The summed E-state index contributed by atoms with van der Waals surface area (Å²) in [4.78, 5) is 14.3. The largest absolute Gasteiger partial charge is 0.518 e. The minimum Gasteiger partial charge on any atom is -0.518 e. The molecule has 0 aromatic rings. The number of hydrogen-bond acceptors (Lipinski definition) is 5. The van der Waals surface area contributed by atoms with Crippen LogP contribution in [0.3, 0.4) is 0 Å². The molecule has 0 aromatic carbocycles. The Hall–Kier alpha value is -0.216. The SMILES string of the molecule is CCCO[Si](C)(CCCN(C)CC(=O)O[Si](CC)(CC)CC)OC. The van der Waals surface area contributed by atoms with Crippen LogP contribution in [0.25, 0.3) is 0 Å². The van der Waals surface area contributed by atoms with E-state index in [9.17, 15) is 4.79 Å². The maximum atomic E-state index is 12.2. The minimum absolute atomic E-state index is 0.0660. The Labute approximate surface area is 151 Å². The molecule has 5 nitrogen and oxygen atoms in total. The van der Waals surface area contributed by atoms with Crippen LogP contribution in [-0.2, 0) is 18.1 Å². The van der Waals surface area contributed by atoms with Gasteiger partial charge < -0.3 is 13.3 Å². The van der Waals surface area contributed by atoms with Gasteiger partial charge in [0.15, 0.2) is 0 Å². The molecule has 0 aromatic heterocycles. The smallest absolute Gasteiger partial charge is 0.334 e. The van der Waals surface area contributed by atoms with Crippen molar-refractivity contribution in [2.45, 2.75) is 71.3 Å². The van der Waals surface area contributed by atoms with Gasteiger partial charge >= 0.3 is 14.5 Å². The summed E-state index contributed by atoms with van der Waals surface area (Å²) in [6.45, 7) is 12.6. The molecule has 0 aliphatic carbocycles. The molecule has 0 radical (unpaired) electrons. The van der Waals surface area contributed by atoms with E-state index in [0.717, 1.165) is 50.2 Å². The summed E-state index contributed by atoms with van der Waals surface area (Å²) in [5.74, 6) is -0.0660. The standard InChI is InChI=1S/C17H39NO4Si2/c1-8-14-21-23(7,20-6)15-12-13-18(5)16-17(19)22-24(9-2,10-3)11-4/h8-16H2,1-7H3. The van der Waals surface area contributed by atoms with Crippen molar-refractivity contribution in [3.8, 4) is 0 Å². The van der Waals surface area contributed by atoms with Crippen LogP contribution in [0.4, 0.5) is 0 Å². The third-order valence-corrected chi connectivity index (χ3v) is 12.3. The second-order valence-electron chi connectivity index (χ2n) is 6.75. The summed E-state index contributed by atoms with van der Waals surface area (Å²) in [5, 5.41) is 0. The highest BCUT2D eigenvalue weighted by atomic mass is 28.4. The highest BCUT2D eigenvalue weighted by Gasteiger charge is 2.33. The molecule has 0 aliphatic rings. The number of carbonyl (C=O) groups is 1. The summed E-state index contributed by atoms with van der Waals surface area (Å²) in [7, 11) is -0.159. The minimum atomic E-state index is -2.04. The summed E-state index contributed by atoms with van der Waals surface area (Å²) in [6, 6.07) is 3.95. The lowest BCUT2D eigenvalue weighted by atomic mass is 10.4. The zero-order valence-corrected chi connectivity index (χ0v) is 18.9. The molecule has 0 amide bonds. The van der Waals surface area contributed by atoms with E-state index < -0.39 is 16.9 Å². The average molecular weight is 378 g/mol. The third-order valence-electron chi connectivity index (χ3n) is 4.88. The molecule has 7 heteroatoms. The maximum Gasteiger partial charge on any atom is 0.334 e. The first kappa shape index (κ1) is 23.8. The van der Waals surface area contributed by atoms with Crippen LogP contribution in [0.2, 0.25) is 30.7 Å². The molecule has 0 saturated carbocycles. The number of nitrogens with zero attached hydrogens (tertiary/aromatic N) is 1. The number of rotatable bonds is 14. The lowest BCUT2D eigenvalue weighted by molar-refractivity contribution is -0.136. The van der Waals surface area contributed by atoms with Crippen molar-refractivity contribution >= 4 is 22.8 Å². The predicted octanol–water partition coefficient (Wildman–Crippen LogP) is 4.00. The molecular formula is C17H39NO4Si2. The summed E-state index contributed by atoms with van der Waals surface area (Å²) in [5.41, 5.74) is 0. The van der Waals surface area contributed by atoms with Crippen LogP contribution in [0.5, 0.6) is 0 Å². The second-order valence-corrected chi connectivity index (χ2v) is 14.9. The van der Waals surface area contributed by atoms with Crippen molar-refractivity contribution in [1.82, 2.24) is 4.90 Å². The predicted molar refractivity (Wildman–Crippen MR) is 105 cm³/mol. The molecule has 0 aliphatic heterocycles. The van der Waals surface area contributed by atoms with Gasteiger partial charge in [-0.15, -0.1) is 0 Å². The van der Waals surface area contributed by atoms with Crippen LogP contribution < -0.4 is 0 Å². The van der Waals surface area contributed by atoms with E-state index in [4.69, 9.17) is 13.3 Å². The van der Waals surface area contributed by atoms with Crippen LogP contribution in [0.1, 0.15) is 40.5 Å². The lowest BCUT2D eigenvalue weighted by Crippen LogP contribution is -2.42. The fraction of sp³-hybridized carbons (Fsp3) is 0.941. The Morgan fingerprint density at radius 1 is 1.08 bits per heavy atom. The Balaban J connectivity index is 4.25. The Bertz CT molecular complexity index is 345. The molecule has 144 valence electrons. The van der Waals surface area contributed by atoms with E-state index >= 15 is 0 Å². The van der Waals surface area contributed by atoms with Gasteiger partial charge in [0.1, 0.15) is 0 Å². The maximum absolute atomic E-state index is 12.2. The molecule has 0 heterocycles. The molecule has 0 fully saturated rings. The molecule has 1 atom stereocenters. The first-order chi connectivity index (χ1) is 11.3. The molecule has 1 unspecified atom stereocenters. The van der Waals surface area contributed by atoms with E-state index in [1.807, 2.05) is 11.9 Å². The van der Waals surface area contributed by atoms with E-state index in [-0.39, 0.29) is 5.97 Å². The molecule has 0 spiro atoms. The Morgan fingerprint density at radius 3 is 2.12 bits per heavy atom. The van der Waals surface area contributed by atoms with E-state index in [1.54, 1.807) is 7.11 Å². The Morgan fingerprint density at radius 2 is 1.67 bits per heavy atom. The molecule has 0 rings (SSSR count). The van der Waals surface area contributed by atoms with E-state index in [1.165, 1.54) is 0 Å². The van der Waals surface area contributed by atoms with E-state index in [0.29, 0.717) is 6.54 Å². The zero-order chi connectivity index (χ0) is 18.6. The fourth-order valence-corrected chi connectivity index (χ4v) is 7.14. The van der Waals surface area contributed by atoms with Gasteiger partial charge in [0.2, 0.25) is 0 Å². The summed E-state index contributed by atoms with van der Waals surface area (Å²) < 4.78 is 17.4. The van der Waals surface area contributed by atoms with Gasteiger partial charge in [-0.05, 0) is 57.2 Å². The van der Waals surface area contributed by atoms with Gasteiger partial charge in [-0.2, -0.15) is 0 Å². The second kappa shape index (κ2) is 12.2. The van der Waals surface area contributed by atoms with Crippen molar-refractivity contribution in [3.05, 3.63) is 0 Å². The number of likely N-dealkylation sites (N-methyl/N-ethyl adjacent to an activating group) is 1. The zero-order valence-electron chi connectivity index (χ0n) is 16.9. The number of hydrogen-bond donors (Lipinski definition) is 0. The van der Waals surface area contributed by atoms with Crippen molar-refractivity contribution in [2.75, 3.05) is 33.9 Å². The van der Waals surface area contributed by atoms with Gasteiger partial charge in [0, 0.05) is 13.7 Å². The van der Waals surface area contributed by atoms with Crippen molar-refractivity contribution in [3.63, 3.8) is 0 Å². The van der Waals surface area contributed by atoms with E-state index in [2.05, 4.69) is 34.2 Å². The fourth-order valence-electron chi connectivity index (χ4n) is 2.76. The summed E-state index contributed by atoms with van der Waals surface area (Å²) >= 11 is 0. The first-order valence-electron chi connectivity index (χ1n) is 9.39. The summed E-state index contributed by atoms with van der Waals surface area (Å²) in [6.07, 6.45) is 1.98. The molecule has 24 heavy (non-hydrogen) atoms. The quantitative estimate of drug-likeness (QED) is 0.428.